The predicted octanol–water partition coefficient (Wildman–Crippen LogP) is 0.989. The van der Waals surface area contributed by atoms with E-state index in [0.29, 0.717) is 0 Å². The van der Waals surface area contributed by atoms with E-state index in [-0.39, 0.29) is 32.7 Å². The first-order valence-electron chi connectivity index (χ1n) is 1.99. The number of hydrogen-bond donors (Lipinski definition) is 1. The van der Waals surface area contributed by atoms with E-state index in [1.165, 1.54) is 13.5 Å². The molecule has 0 atom stereocenters. The van der Waals surface area contributed by atoms with Crippen LogP contribution in [0.2, 0.25) is 0 Å². The molecule has 1 nitrogen and oxygen atoms in total. The Morgan fingerprint density at radius 1 is 1.17 bits per heavy atom. The first-order chi connectivity index (χ1) is 2.41. The average molecular weight is 164 g/mol. The summed E-state index contributed by atoms with van der Waals surface area (Å²) in [5, 5.41) is 0. The zero-order chi connectivity index (χ0) is 4.71. The van der Waals surface area contributed by atoms with Crippen molar-refractivity contribution in [1.82, 2.24) is 0 Å². The molecule has 2 N–H and O–H groups in total. The van der Waals surface area contributed by atoms with Crippen molar-refractivity contribution < 1.29 is 32.7 Å². The van der Waals surface area contributed by atoms with Gasteiger partial charge in [-0.2, -0.15) is 0 Å². The van der Waals surface area contributed by atoms with Gasteiger partial charge >= 0.3 is 0 Å². The van der Waals surface area contributed by atoms with Crippen LogP contribution in [0.3, 0.4) is 0 Å². The normalized spacial score (nSPS) is 4.00. The summed E-state index contributed by atoms with van der Waals surface area (Å²) < 4.78 is 0. The molecule has 0 aliphatic heterocycles. The minimum atomic E-state index is 0. The molecule has 0 spiro atoms. The summed E-state index contributed by atoms with van der Waals surface area (Å²) in [6.45, 7) is 4.25. The minimum absolute atomic E-state index is 0. The van der Waals surface area contributed by atoms with Crippen LogP contribution in [0.1, 0.15) is 20.3 Å². The fourth-order valence-electron chi connectivity index (χ4n) is 0. The summed E-state index contributed by atoms with van der Waals surface area (Å²) in [5.74, 6) is 0. The van der Waals surface area contributed by atoms with Gasteiger partial charge < -0.3 is 5.73 Å². The molecule has 37 valence electrons. The van der Waals surface area contributed by atoms with Crippen molar-refractivity contribution in [3.63, 3.8) is 0 Å². The second-order valence-corrected chi connectivity index (χ2v) is 0.707. The fraction of sp³-hybridized carbons (Fsp3) is 1.00. The minimum Gasteiger partial charge on any atom is -0.333 e. The number of hydrogen-bond acceptors (Lipinski definition) is 1. The molecule has 0 saturated heterocycles. The largest absolute Gasteiger partial charge is 0.333 e. The van der Waals surface area contributed by atoms with Gasteiger partial charge in [0.2, 0.25) is 0 Å². The topological polar surface area (TPSA) is 26.0 Å². The first kappa shape index (κ1) is 15.7. The van der Waals surface area contributed by atoms with Crippen molar-refractivity contribution in [3.05, 3.63) is 0 Å². The van der Waals surface area contributed by atoms with Gasteiger partial charge in [0.05, 0.1) is 0 Å². The average Bonchev–Trinajstić information content (AvgIpc) is 1.46. The van der Waals surface area contributed by atoms with Crippen LogP contribution in [0.4, 0.5) is 0 Å². The molecule has 0 aliphatic rings. The predicted molar refractivity (Wildman–Crippen MR) is 26.1 cm³/mol. The van der Waals surface area contributed by atoms with Crippen LogP contribution in [-0.2, 0) is 32.7 Å². The molecule has 0 aromatic carbocycles. The molecule has 6 heavy (non-hydrogen) atoms. The summed E-state index contributed by atoms with van der Waals surface area (Å²) >= 11 is 0. The van der Waals surface area contributed by atoms with Crippen molar-refractivity contribution in [2.75, 3.05) is 7.05 Å². The maximum Gasteiger partial charge on any atom is 0 e. The maximum atomic E-state index is 4.50. The molecular weight excluding hydrogens is 151 g/mol. The van der Waals surface area contributed by atoms with E-state index in [9.17, 15) is 0 Å². The van der Waals surface area contributed by atoms with Gasteiger partial charge in [0.25, 0.3) is 0 Å². The Bertz CT molecular complexity index is 7.51. The smallest absolute Gasteiger partial charge is 0 e. The molecule has 0 amide bonds. The fourth-order valence-corrected chi connectivity index (χ4v) is 0. The van der Waals surface area contributed by atoms with E-state index in [2.05, 4.69) is 19.6 Å². The Morgan fingerprint density at radius 3 is 1.17 bits per heavy atom. The summed E-state index contributed by atoms with van der Waals surface area (Å²) in [6, 6.07) is 0. The van der Waals surface area contributed by atoms with Crippen molar-refractivity contribution in [3.8, 4) is 0 Å². The van der Waals surface area contributed by atoms with Gasteiger partial charge in [-0.15, -0.1) is 0 Å². The molecule has 0 aromatic heterocycles. The zero-order valence-electron chi connectivity index (χ0n) is 4.86. The van der Waals surface area contributed by atoms with Crippen molar-refractivity contribution in [1.29, 1.82) is 0 Å². The molecule has 0 fully saturated rings. The summed E-state index contributed by atoms with van der Waals surface area (Å²) in [5.41, 5.74) is 4.50. The molecule has 1 radical (unpaired) electrons. The van der Waals surface area contributed by atoms with Crippen LogP contribution in [0.5, 0.6) is 0 Å². The van der Waals surface area contributed by atoms with E-state index < -0.39 is 0 Å². The van der Waals surface area contributed by atoms with Gasteiger partial charge in [-0.3, -0.25) is 0 Å². The van der Waals surface area contributed by atoms with Gasteiger partial charge in [0.1, 0.15) is 0 Å². The second-order valence-electron chi connectivity index (χ2n) is 0.707. The molecule has 0 bridgehead atoms. The molecule has 0 rings (SSSR count). The van der Waals surface area contributed by atoms with Gasteiger partial charge in [0, 0.05) is 32.7 Å². The van der Waals surface area contributed by atoms with Gasteiger partial charge in [-0.05, 0) is 7.05 Å². The van der Waals surface area contributed by atoms with Crippen molar-refractivity contribution in [2.24, 2.45) is 5.73 Å². The zero-order valence-corrected chi connectivity index (χ0v) is 7.70. The Labute approximate surface area is 65.6 Å². The van der Waals surface area contributed by atoms with Crippen LogP contribution in [0.25, 0.3) is 0 Å². The van der Waals surface area contributed by atoms with Crippen LogP contribution >= 0.6 is 0 Å². The van der Waals surface area contributed by atoms with Crippen molar-refractivity contribution >= 4 is 0 Å². The third-order valence-electron chi connectivity index (χ3n) is 0. The van der Waals surface area contributed by atoms with Crippen molar-refractivity contribution in [2.45, 2.75) is 20.3 Å². The Hall–Kier alpha value is 1.06. The second kappa shape index (κ2) is 36.5. The maximum absolute atomic E-state index is 4.50. The van der Waals surface area contributed by atoms with Gasteiger partial charge in [-0.1, -0.05) is 20.3 Å². The number of nitrogens with two attached hydrogens (primary N) is 1. The molecule has 0 aromatic rings. The van der Waals surface area contributed by atoms with E-state index >= 15 is 0 Å². The third-order valence-corrected chi connectivity index (χ3v) is 0. The van der Waals surface area contributed by atoms with Gasteiger partial charge in [0.15, 0.2) is 0 Å². The first-order valence-corrected chi connectivity index (χ1v) is 1.99. The van der Waals surface area contributed by atoms with E-state index in [1.54, 1.807) is 0 Å². The molecule has 0 aliphatic carbocycles. The van der Waals surface area contributed by atoms with E-state index in [1.807, 2.05) is 0 Å². The number of rotatable bonds is 0. The Kier molecular flexibility index (Phi) is 95.7. The quantitative estimate of drug-likeness (QED) is 0.567. The SMILES string of the molecule is CCC.CN.[Y]. The van der Waals surface area contributed by atoms with Crippen LogP contribution in [0.15, 0.2) is 0 Å². The molecular formula is C4H13NY. The molecule has 2 heteroatoms. The monoisotopic (exact) mass is 164 g/mol. The van der Waals surface area contributed by atoms with E-state index in [4.69, 9.17) is 0 Å². The molecule has 0 unspecified atom stereocenters. The molecule has 0 heterocycles. The van der Waals surface area contributed by atoms with Crippen LogP contribution in [0, 0.1) is 0 Å². The molecule has 0 saturated carbocycles. The third kappa shape index (κ3) is 73.9. The van der Waals surface area contributed by atoms with Crippen LogP contribution in [-0.4, -0.2) is 7.05 Å². The summed E-state index contributed by atoms with van der Waals surface area (Å²) in [7, 11) is 1.50. The van der Waals surface area contributed by atoms with Gasteiger partial charge in [-0.25, -0.2) is 0 Å². The standard InChI is InChI=1S/C3H8.CH5N.Y/c1-3-2;1-2;/h3H2,1-2H3;2H2,1H3;. The Balaban J connectivity index is -0.0000000275. The van der Waals surface area contributed by atoms with E-state index in [0.717, 1.165) is 0 Å². The summed E-state index contributed by atoms with van der Waals surface area (Å²) in [6.07, 6.45) is 1.25. The summed E-state index contributed by atoms with van der Waals surface area (Å²) in [4.78, 5) is 0. The van der Waals surface area contributed by atoms with Crippen LogP contribution < -0.4 is 5.73 Å². The Morgan fingerprint density at radius 2 is 1.17 bits per heavy atom.